The van der Waals surface area contributed by atoms with E-state index in [-0.39, 0.29) is 46.8 Å². The Hall–Kier alpha value is -5.20. The summed E-state index contributed by atoms with van der Waals surface area (Å²) < 4.78 is 8.82. The molecule has 16 nitrogen and oxygen atoms in total. The number of carbonyl (C=O) groups excluding carboxylic acids is 3. The second-order valence-electron chi connectivity index (χ2n) is 9.71. The van der Waals surface area contributed by atoms with Crippen LogP contribution in [-0.4, -0.2) is 69.0 Å². The van der Waals surface area contributed by atoms with Gasteiger partial charge in [-0.2, -0.15) is 31.0 Å². The predicted molar refractivity (Wildman–Crippen MR) is 185 cm³/mol. The van der Waals surface area contributed by atoms with Crippen LogP contribution in [0.3, 0.4) is 0 Å². The Morgan fingerprint density at radius 2 is 1.45 bits per heavy atom. The molecule has 2 aromatic carbocycles. The molecule has 20 heteroatoms. The fourth-order valence-corrected chi connectivity index (χ4v) is 4.50. The molecule has 258 valence electrons. The standard InChI is InChI=1S/C16H15ClN6O2.C10H12N4.C4HCl2N2.CO2.Li/c1-9(24)14-12(7-13(17)20-21-14)19-11-6-4-5-10(15(11)25-3)16-18-8-23(2)22-16;1-7-8(4-3-5-9(7)11)10-12-6-14(2)13-10;5-3-1-4(6)8-7-2-3;2-1-3;/h4-8H,1-3H3,(H,19,20);3-6H,11H2,1-2H3;1H;;/q;;-1;;+1. The van der Waals surface area contributed by atoms with Crippen LogP contribution in [0.15, 0.2) is 61.2 Å². The van der Waals surface area contributed by atoms with Crippen molar-refractivity contribution in [2.45, 2.75) is 13.8 Å². The third-order valence-corrected chi connectivity index (χ3v) is 6.75. The zero-order valence-electron chi connectivity index (χ0n) is 28.1. The third kappa shape index (κ3) is 12.3. The maximum Gasteiger partial charge on any atom is 1.00 e. The van der Waals surface area contributed by atoms with Gasteiger partial charge in [0.05, 0.1) is 29.2 Å². The summed E-state index contributed by atoms with van der Waals surface area (Å²) in [6, 6.07) is 14.3. The molecule has 6 rings (SSSR count). The topological polar surface area (TPSA) is 211 Å². The van der Waals surface area contributed by atoms with E-state index in [2.05, 4.69) is 52.1 Å². The zero-order chi connectivity index (χ0) is 36.8. The average molecular weight is 746 g/mol. The molecule has 0 amide bonds. The monoisotopic (exact) mass is 744 g/mol. The van der Waals surface area contributed by atoms with Gasteiger partial charge >= 0.3 is 25.0 Å². The molecule has 0 saturated carbocycles. The number of hydrogen-bond acceptors (Lipinski definition) is 14. The van der Waals surface area contributed by atoms with Crippen LogP contribution in [0.4, 0.5) is 17.1 Å². The van der Waals surface area contributed by atoms with Crippen molar-refractivity contribution in [3.05, 3.63) is 94.0 Å². The van der Waals surface area contributed by atoms with Crippen molar-refractivity contribution >= 4 is 63.8 Å². The molecule has 0 aliphatic heterocycles. The SMILES string of the molecule is COc1c(Nc2cc(Cl)nnc2C(C)=O)cccc1-c1ncn(C)n1.Cc1c(N)cccc1-c1ncn(C)n1.Clc1[c-]nnc(Cl)c1.O=C=O.[Li+]. The van der Waals surface area contributed by atoms with Crippen LogP contribution < -0.4 is 34.6 Å². The number of para-hydroxylation sites is 1. The van der Waals surface area contributed by atoms with Gasteiger partial charge in [0.15, 0.2) is 34.0 Å². The minimum Gasteiger partial charge on any atom is -0.494 e. The molecule has 0 bridgehead atoms. The van der Waals surface area contributed by atoms with E-state index in [0.717, 1.165) is 22.6 Å². The van der Waals surface area contributed by atoms with Gasteiger partial charge in [0.2, 0.25) is 0 Å². The van der Waals surface area contributed by atoms with Gasteiger partial charge in [0.1, 0.15) is 12.7 Å². The van der Waals surface area contributed by atoms with Gasteiger partial charge < -0.3 is 15.8 Å². The van der Waals surface area contributed by atoms with Gasteiger partial charge in [-0.1, -0.05) is 41.4 Å². The molecule has 4 heterocycles. The summed E-state index contributed by atoms with van der Waals surface area (Å²) in [6.07, 6.45) is 5.93. The van der Waals surface area contributed by atoms with Crippen LogP contribution in [0.2, 0.25) is 15.3 Å². The largest absolute Gasteiger partial charge is 1.00 e. The van der Waals surface area contributed by atoms with E-state index in [1.165, 1.54) is 19.1 Å². The van der Waals surface area contributed by atoms with E-state index in [1.807, 2.05) is 50.4 Å². The van der Waals surface area contributed by atoms with Crippen LogP contribution in [-0.2, 0) is 23.7 Å². The zero-order valence-corrected chi connectivity index (χ0v) is 30.4. The van der Waals surface area contributed by atoms with Crippen molar-refractivity contribution in [2.75, 3.05) is 18.2 Å². The van der Waals surface area contributed by atoms with Gasteiger partial charge in [-0.3, -0.25) is 19.3 Å². The number of rotatable bonds is 6. The number of nitrogen functional groups attached to an aromatic ring is 1. The molecular formula is C31H28Cl3LiN12O4. The summed E-state index contributed by atoms with van der Waals surface area (Å²) in [5.41, 5.74) is 10.6. The normalized spacial score (nSPS) is 9.65. The van der Waals surface area contributed by atoms with E-state index < -0.39 is 0 Å². The van der Waals surface area contributed by atoms with Gasteiger partial charge in [-0.05, 0) is 30.7 Å². The van der Waals surface area contributed by atoms with Crippen LogP contribution in [0, 0.1) is 13.1 Å². The number of nitrogens with zero attached hydrogens (tertiary/aromatic N) is 10. The second kappa shape index (κ2) is 20.5. The Kier molecular flexibility index (Phi) is 16.8. The van der Waals surface area contributed by atoms with Gasteiger partial charge in [0.25, 0.3) is 0 Å². The van der Waals surface area contributed by atoms with E-state index in [1.54, 1.807) is 36.2 Å². The summed E-state index contributed by atoms with van der Waals surface area (Å²) in [7, 11) is 5.18. The van der Waals surface area contributed by atoms with Crippen molar-refractivity contribution in [3.8, 4) is 28.5 Å². The second-order valence-corrected chi connectivity index (χ2v) is 10.9. The van der Waals surface area contributed by atoms with Gasteiger partial charge in [-0.25, -0.2) is 9.97 Å². The number of hydrogen-bond donors (Lipinski definition) is 2. The predicted octanol–water partition coefficient (Wildman–Crippen LogP) is 2.26. The van der Waals surface area contributed by atoms with E-state index in [4.69, 9.17) is 54.9 Å². The molecule has 0 aliphatic rings. The molecule has 0 atom stereocenters. The Morgan fingerprint density at radius 1 is 0.882 bits per heavy atom. The van der Waals surface area contributed by atoms with E-state index in [0.29, 0.717) is 33.5 Å². The van der Waals surface area contributed by atoms with Crippen LogP contribution in [0.25, 0.3) is 22.8 Å². The number of nitrogens with two attached hydrogens (primary N) is 1. The first-order chi connectivity index (χ1) is 23.9. The summed E-state index contributed by atoms with van der Waals surface area (Å²) in [5.74, 6) is 1.56. The van der Waals surface area contributed by atoms with Crippen molar-refractivity contribution in [2.24, 2.45) is 14.1 Å². The van der Waals surface area contributed by atoms with Crippen LogP contribution in [0.1, 0.15) is 23.0 Å². The number of halogens is 3. The number of aryl methyl sites for hydroxylation is 2. The molecule has 3 N–H and O–H groups in total. The first kappa shape index (κ1) is 42.0. The maximum absolute atomic E-state index is 11.8. The molecule has 0 radical (unpaired) electrons. The molecular weight excluding hydrogens is 718 g/mol. The van der Waals surface area contributed by atoms with Crippen LogP contribution >= 0.6 is 34.8 Å². The van der Waals surface area contributed by atoms with Crippen LogP contribution in [0.5, 0.6) is 5.75 Å². The molecule has 51 heavy (non-hydrogen) atoms. The summed E-state index contributed by atoms with van der Waals surface area (Å²) >= 11 is 16.7. The minimum absolute atomic E-state index is 0. The number of ether oxygens (including phenoxy) is 1. The average Bonchev–Trinajstić information content (AvgIpc) is 3.71. The van der Waals surface area contributed by atoms with E-state index in [9.17, 15) is 4.79 Å². The molecule has 0 saturated heterocycles. The Morgan fingerprint density at radius 3 is 1.96 bits per heavy atom. The number of aromatic nitrogens is 10. The number of benzene rings is 2. The number of Topliss-reactive ketones (excluding diaryl/α,β-unsaturated/α-hetero) is 1. The minimum atomic E-state index is -0.229. The Balaban J connectivity index is 0.000000290. The first-order valence-electron chi connectivity index (χ1n) is 14.0. The number of anilines is 3. The first-order valence-corrected chi connectivity index (χ1v) is 15.1. The van der Waals surface area contributed by atoms with Crippen molar-refractivity contribution in [3.63, 3.8) is 0 Å². The van der Waals surface area contributed by atoms with Gasteiger partial charge in [-0.15, -0.1) is 33.0 Å². The molecule has 0 spiro atoms. The molecule has 0 unspecified atom stereocenters. The smallest absolute Gasteiger partial charge is 0.494 e. The summed E-state index contributed by atoms with van der Waals surface area (Å²) in [6.45, 7) is 3.38. The van der Waals surface area contributed by atoms with Crippen molar-refractivity contribution in [1.29, 1.82) is 0 Å². The van der Waals surface area contributed by atoms with Gasteiger partial charge in [0, 0.05) is 38.3 Å². The molecule has 0 aliphatic carbocycles. The fourth-order valence-electron chi connectivity index (χ4n) is 4.01. The third-order valence-electron chi connectivity index (χ3n) is 6.19. The summed E-state index contributed by atoms with van der Waals surface area (Å²) in [4.78, 5) is 36.5. The number of carbonyl (C=O) groups is 1. The molecule has 0 fully saturated rings. The van der Waals surface area contributed by atoms with Crippen molar-refractivity contribution < 1.29 is 38.0 Å². The number of ketones is 1. The fraction of sp³-hybridized carbons (Fsp3) is 0.161. The molecule has 4 aromatic heterocycles. The Labute approximate surface area is 318 Å². The van der Waals surface area contributed by atoms with Crippen molar-refractivity contribution in [1.82, 2.24) is 49.9 Å². The Bertz CT molecular complexity index is 2090. The number of methoxy groups -OCH3 is 1. The number of nitrogens with one attached hydrogen (secondary N) is 1. The summed E-state index contributed by atoms with van der Waals surface area (Å²) in [5, 5.41) is 26.8. The van der Waals surface area contributed by atoms with E-state index >= 15 is 0 Å². The quantitative estimate of drug-likeness (QED) is 0.108. The maximum atomic E-state index is 11.8. The molecule has 6 aromatic rings.